The molecule has 0 aliphatic carbocycles. The second-order valence-electron chi connectivity index (χ2n) is 4.36. The monoisotopic (exact) mass is 394 g/mol. The summed E-state index contributed by atoms with van der Waals surface area (Å²) < 4.78 is 36.1. The van der Waals surface area contributed by atoms with Gasteiger partial charge in [-0.3, -0.25) is 21.3 Å². The van der Waals surface area contributed by atoms with E-state index in [0.717, 1.165) is 0 Å². The minimum absolute atomic E-state index is 0.0912. The van der Waals surface area contributed by atoms with Crippen LogP contribution in [0.25, 0.3) is 0 Å². The Balaban J connectivity index is 0.000000451. The number of hydrogen-bond acceptors (Lipinski definition) is 4. The van der Waals surface area contributed by atoms with E-state index in [9.17, 15) is 22.8 Å². The molecule has 0 bridgehead atoms. The Labute approximate surface area is 152 Å². The molecule has 0 saturated heterocycles. The van der Waals surface area contributed by atoms with E-state index < -0.39 is 23.1 Å². The molecule has 0 radical (unpaired) electrons. The van der Waals surface area contributed by atoms with E-state index in [2.05, 4.69) is 11.7 Å². The molecule has 2 aromatic carbocycles. The Hall–Kier alpha value is -1.93. The van der Waals surface area contributed by atoms with E-state index >= 15 is 0 Å². The number of nitrogens with two attached hydrogens (primary N) is 2. The summed E-state index contributed by atoms with van der Waals surface area (Å²) in [5.41, 5.74) is 0.352. The van der Waals surface area contributed by atoms with Crippen LogP contribution in [0.5, 0.6) is 0 Å². The lowest BCUT2D eigenvalue weighted by molar-refractivity contribution is -0.127. The molecule has 9 heteroatoms. The molecule has 0 unspecified atom stereocenters. The fraction of sp³-hybridized carbons (Fsp3) is 0.125. The number of alkyl halides is 3. The van der Waals surface area contributed by atoms with Crippen LogP contribution in [0.3, 0.4) is 0 Å². The fourth-order valence-corrected chi connectivity index (χ4v) is 1.96. The smallest absolute Gasteiger partial charge is 0.276 e. The van der Waals surface area contributed by atoms with Crippen LogP contribution in [0.4, 0.5) is 13.2 Å². The molecule has 4 N–H and O–H groups in total. The van der Waals surface area contributed by atoms with Crippen LogP contribution >= 0.6 is 23.2 Å². The van der Waals surface area contributed by atoms with Gasteiger partial charge in [-0.1, -0.05) is 48.5 Å². The van der Waals surface area contributed by atoms with Crippen LogP contribution in [-0.4, -0.2) is 16.7 Å². The molecular weight excluding hydrogens is 380 g/mol. The first-order chi connectivity index (χ1) is 11.7. The summed E-state index contributed by atoms with van der Waals surface area (Å²) in [4.78, 5) is 21.2. The number of carbonyl (C=O) groups excluding carboxylic acids is 2. The van der Waals surface area contributed by atoms with Gasteiger partial charge in [0, 0.05) is 11.1 Å². The first-order valence-electron chi connectivity index (χ1n) is 6.63. The zero-order valence-electron chi connectivity index (χ0n) is 12.8. The van der Waals surface area contributed by atoms with Crippen LogP contribution in [-0.2, 0) is 6.42 Å². The normalized spacial score (nSPS) is 9.88. The summed E-state index contributed by atoms with van der Waals surface area (Å²) in [6.45, 7) is 0. The van der Waals surface area contributed by atoms with Crippen molar-refractivity contribution in [1.82, 2.24) is 0 Å². The number of halogens is 5. The molecule has 2 aromatic rings. The SMILES string of the molecule is NN.O=C(Cl)c1ccccc1.O=C(Cl)c1ccccc1CC(F)(F)F. The Morgan fingerprint density at radius 1 is 0.840 bits per heavy atom. The zero-order valence-corrected chi connectivity index (χ0v) is 14.3. The van der Waals surface area contributed by atoms with Crippen molar-refractivity contribution < 1.29 is 22.8 Å². The lowest BCUT2D eigenvalue weighted by atomic mass is 10.1. The highest BCUT2D eigenvalue weighted by atomic mass is 35.5. The van der Waals surface area contributed by atoms with Gasteiger partial charge in [-0.2, -0.15) is 13.2 Å². The van der Waals surface area contributed by atoms with Gasteiger partial charge < -0.3 is 0 Å². The van der Waals surface area contributed by atoms with Crippen molar-refractivity contribution in [2.45, 2.75) is 12.6 Å². The number of carbonyl (C=O) groups is 2. The largest absolute Gasteiger partial charge is 0.393 e. The van der Waals surface area contributed by atoms with Crippen LogP contribution in [0.1, 0.15) is 26.3 Å². The van der Waals surface area contributed by atoms with Crippen molar-refractivity contribution >= 4 is 33.7 Å². The molecule has 0 aromatic heterocycles. The van der Waals surface area contributed by atoms with E-state index in [0.29, 0.717) is 5.56 Å². The Morgan fingerprint density at radius 2 is 1.32 bits per heavy atom. The molecule has 0 spiro atoms. The van der Waals surface area contributed by atoms with E-state index in [1.54, 1.807) is 24.3 Å². The summed E-state index contributed by atoms with van der Waals surface area (Å²) in [6, 6.07) is 14.2. The van der Waals surface area contributed by atoms with Gasteiger partial charge in [0.05, 0.1) is 6.42 Å². The van der Waals surface area contributed by atoms with Crippen LogP contribution in [0.2, 0.25) is 0 Å². The third-order valence-corrected chi connectivity index (χ3v) is 3.04. The van der Waals surface area contributed by atoms with Crippen LogP contribution in [0.15, 0.2) is 54.6 Å². The molecule has 25 heavy (non-hydrogen) atoms. The number of benzene rings is 2. The quantitative estimate of drug-likeness (QED) is 0.466. The van der Waals surface area contributed by atoms with Crippen molar-refractivity contribution in [3.05, 3.63) is 71.3 Å². The molecule has 0 aliphatic rings. The average Bonchev–Trinajstić information content (AvgIpc) is 2.57. The van der Waals surface area contributed by atoms with E-state index in [4.69, 9.17) is 23.2 Å². The first-order valence-corrected chi connectivity index (χ1v) is 7.39. The van der Waals surface area contributed by atoms with Crippen molar-refractivity contribution in [2.24, 2.45) is 11.7 Å². The van der Waals surface area contributed by atoms with E-state index in [-0.39, 0.29) is 11.1 Å². The van der Waals surface area contributed by atoms with E-state index in [1.165, 1.54) is 24.3 Å². The average molecular weight is 395 g/mol. The summed E-state index contributed by atoms with van der Waals surface area (Å²) in [5, 5.41) is -1.28. The first kappa shape index (κ1) is 23.1. The van der Waals surface area contributed by atoms with E-state index in [1.807, 2.05) is 6.07 Å². The van der Waals surface area contributed by atoms with Gasteiger partial charge in [0.1, 0.15) is 0 Å². The minimum Gasteiger partial charge on any atom is -0.276 e. The van der Waals surface area contributed by atoms with Gasteiger partial charge in [0.25, 0.3) is 10.5 Å². The van der Waals surface area contributed by atoms with Crippen LogP contribution in [0, 0.1) is 0 Å². The minimum atomic E-state index is -4.33. The molecule has 0 fully saturated rings. The predicted molar refractivity (Wildman–Crippen MR) is 91.4 cm³/mol. The molecule has 0 atom stereocenters. The molecule has 0 heterocycles. The molecule has 0 saturated carbocycles. The number of rotatable bonds is 3. The maximum Gasteiger partial charge on any atom is 0.393 e. The topological polar surface area (TPSA) is 86.2 Å². The Morgan fingerprint density at radius 3 is 1.72 bits per heavy atom. The third kappa shape index (κ3) is 9.83. The predicted octanol–water partition coefficient (Wildman–Crippen LogP) is 4.05. The molecule has 0 aliphatic heterocycles. The van der Waals surface area contributed by atoms with Gasteiger partial charge in [0.15, 0.2) is 0 Å². The number of hydrazine groups is 1. The van der Waals surface area contributed by atoms with Gasteiger partial charge in [-0.25, -0.2) is 0 Å². The second kappa shape index (κ2) is 11.6. The van der Waals surface area contributed by atoms with Crippen molar-refractivity contribution in [3.8, 4) is 0 Å². The lowest BCUT2D eigenvalue weighted by Gasteiger charge is -2.08. The zero-order chi connectivity index (χ0) is 19.5. The fourth-order valence-electron chi connectivity index (χ4n) is 1.65. The third-order valence-electron chi connectivity index (χ3n) is 2.62. The van der Waals surface area contributed by atoms with Crippen LogP contribution < -0.4 is 11.7 Å². The highest BCUT2D eigenvalue weighted by molar-refractivity contribution is 6.68. The summed E-state index contributed by atoms with van der Waals surface area (Å²) in [5.74, 6) is 8.00. The molecule has 4 nitrogen and oxygen atoms in total. The molecular formula is C16H15Cl2F3N2O2. The maximum absolute atomic E-state index is 12.0. The molecule has 2 rings (SSSR count). The Bertz CT molecular complexity index is 681. The van der Waals surface area contributed by atoms with Crippen molar-refractivity contribution in [1.29, 1.82) is 0 Å². The van der Waals surface area contributed by atoms with Gasteiger partial charge in [0.2, 0.25) is 0 Å². The van der Waals surface area contributed by atoms with Gasteiger partial charge in [-0.05, 0) is 34.8 Å². The molecule has 0 amide bonds. The second-order valence-corrected chi connectivity index (χ2v) is 5.05. The highest BCUT2D eigenvalue weighted by Crippen LogP contribution is 2.24. The Kier molecular flexibility index (Phi) is 10.7. The maximum atomic E-state index is 12.0. The van der Waals surface area contributed by atoms with Crippen molar-refractivity contribution in [3.63, 3.8) is 0 Å². The van der Waals surface area contributed by atoms with Crippen molar-refractivity contribution in [2.75, 3.05) is 0 Å². The summed E-state index contributed by atoms with van der Waals surface area (Å²) >= 11 is 10.3. The summed E-state index contributed by atoms with van der Waals surface area (Å²) in [7, 11) is 0. The summed E-state index contributed by atoms with van der Waals surface area (Å²) in [6.07, 6.45) is -5.47. The van der Waals surface area contributed by atoms with Gasteiger partial charge >= 0.3 is 6.18 Å². The van der Waals surface area contributed by atoms with Gasteiger partial charge in [-0.15, -0.1) is 0 Å². The standard InChI is InChI=1S/C9H6ClF3O.C7H5ClO.H4N2/c10-8(14)7-4-2-1-3-6(7)5-9(11,12)13;8-7(9)6-4-2-1-3-5-6;1-2/h1-4H,5H2;1-5H;1-2H2. The molecule has 136 valence electrons. The lowest BCUT2D eigenvalue weighted by Crippen LogP contribution is -2.13. The number of hydrogen-bond donors (Lipinski definition) is 2. The highest BCUT2D eigenvalue weighted by Gasteiger charge is 2.29.